The Kier molecular flexibility index (Phi) is 6.23. The first-order chi connectivity index (χ1) is 9.72. The first-order valence-corrected chi connectivity index (χ1v) is 8.36. The maximum atomic E-state index is 11.6. The molecule has 0 spiro atoms. The van der Waals surface area contributed by atoms with E-state index in [1.54, 1.807) is 32.0 Å². The minimum Gasteiger partial charge on any atom is -0.491 e. The summed E-state index contributed by atoms with van der Waals surface area (Å²) in [7, 11) is -3.15. The van der Waals surface area contributed by atoms with Crippen LogP contribution in [0.2, 0.25) is 5.02 Å². The lowest BCUT2D eigenvalue weighted by Crippen LogP contribution is -2.22. The highest BCUT2D eigenvalue weighted by atomic mass is 35.5. The van der Waals surface area contributed by atoms with Crippen molar-refractivity contribution in [1.29, 1.82) is 0 Å². The smallest absolute Gasteiger partial charge is 0.328 e. The van der Waals surface area contributed by atoms with E-state index in [0.29, 0.717) is 16.3 Å². The Bertz CT molecular complexity index is 635. The standard InChI is InChI=1S/C14H17ClO5S/c1-10(2)21(18,19)8-7-20-13-5-3-11(9-12(13)15)4-6-14(16)17/h3-6,9-10H,7-8H2,1-2H3,(H,16,17)/b6-4+. The highest BCUT2D eigenvalue weighted by Gasteiger charge is 2.16. The third-order valence-corrected chi connectivity index (χ3v) is 5.19. The van der Waals surface area contributed by atoms with Crippen molar-refractivity contribution in [2.75, 3.05) is 12.4 Å². The molecule has 0 amide bonds. The third kappa shape index (κ3) is 5.77. The molecule has 7 heteroatoms. The van der Waals surface area contributed by atoms with Crippen LogP contribution in [-0.4, -0.2) is 37.1 Å². The van der Waals surface area contributed by atoms with Crippen LogP contribution in [-0.2, 0) is 14.6 Å². The molecular weight excluding hydrogens is 316 g/mol. The molecule has 0 aromatic heterocycles. The van der Waals surface area contributed by atoms with Crippen molar-refractivity contribution in [2.45, 2.75) is 19.1 Å². The average molecular weight is 333 g/mol. The Balaban J connectivity index is 2.68. The first-order valence-electron chi connectivity index (χ1n) is 6.27. The average Bonchev–Trinajstić information content (AvgIpc) is 2.38. The molecule has 0 aliphatic heterocycles. The number of carboxylic acid groups (broad SMARTS) is 1. The fraction of sp³-hybridized carbons (Fsp3) is 0.357. The molecule has 21 heavy (non-hydrogen) atoms. The Labute approximate surface area is 129 Å². The zero-order chi connectivity index (χ0) is 16.0. The predicted molar refractivity (Wildman–Crippen MR) is 82.5 cm³/mol. The van der Waals surface area contributed by atoms with Gasteiger partial charge in [0, 0.05) is 6.08 Å². The molecule has 5 nitrogen and oxygen atoms in total. The zero-order valence-corrected chi connectivity index (χ0v) is 13.3. The number of halogens is 1. The summed E-state index contributed by atoms with van der Waals surface area (Å²) in [6, 6.07) is 4.76. The molecule has 0 unspecified atom stereocenters. The van der Waals surface area contributed by atoms with Crippen molar-refractivity contribution in [3.63, 3.8) is 0 Å². The number of carbonyl (C=O) groups is 1. The van der Waals surface area contributed by atoms with Gasteiger partial charge in [0.05, 0.1) is 16.0 Å². The van der Waals surface area contributed by atoms with Gasteiger partial charge in [0.1, 0.15) is 12.4 Å². The van der Waals surface area contributed by atoms with Crippen molar-refractivity contribution in [3.8, 4) is 5.75 Å². The minimum absolute atomic E-state index is 0.0184. The molecule has 0 saturated carbocycles. The summed E-state index contributed by atoms with van der Waals surface area (Å²) in [4.78, 5) is 10.4. The van der Waals surface area contributed by atoms with Crippen LogP contribution < -0.4 is 4.74 Å². The molecule has 1 aromatic rings. The zero-order valence-electron chi connectivity index (χ0n) is 11.7. The molecule has 0 aliphatic rings. The van der Waals surface area contributed by atoms with E-state index in [4.69, 9.17) is 21.4 Å². The highest BCUT2D eigenvalue weighted by Crippen LogP contribution is 2.26. The van der Waals surface area contributed by atoms with Gasteiger partial charge in [0.25, 0.3) is 0 Å². The highest BCUT2D eigenvalue weighted by molar-refractivity contribution is 7.91. The monoisotopic (exact) mass is 332 g/mol. The second kappa shape index (κ2) is 7.47. The fourth-order valence-electron chi connectivity index (χ4n) is 1.41. The second-order valence-corrected chi connectivity index (χ2v) is 7.71. The van der Waals surface area contributed by atoms with Gasteiger partial charge in [0.15, 0.2) is 9.84 Å². The Morgan fingerprint density at radius 1 is 1.43 bits per heavy atom. The molecule has 0 atom stereocenters. The van der Waals surface area contributed by atoms with Crippen LogP contribution in [0, 0.1) is 0 Å². The normalized spacial score (nSPS) is 12.0. The molecule has 1 N–H and O–H groups in total. The summed E-state index contributed by atoms with van der Waals surface area (Å²) in [5.74, 6) is -0.768. The van der Waals surface area contributed by atoms with Gasteiger partial charge >= 0.3 is 5.97 Å². The van der Waals surface area contributed by atoms with Crippen LogP contribution in [0.15, 0.2) is 24.3 Å². The lowest BCUT2D eigenvalue weighted by molar-refractivity contribution is -0.131. The van der Waals surface area contributed by atoms with Crippen LogP contribution in [0.25, 0.3) is 6.08 Å². The van der Waals surface area contributed by atoms with Crippen LogP contribution in [0.1, 0.15) is 19.4 Å². The number of carboxylic acids is 1. The largest absolute Gasteiger partial charge is 0.491 e. The topological polar surface area (TPSA) is 80.7 Å². The number of sulfone groups is 1. The van der Waals surface area contributed by atoms with E-state index in [1.165, 1.54) is 6.08 Å². The molecule has 1 aromatic carbocycles. The molecule has 0 bridgehead atoms. The van der Waals surface area contributed by atoms with E-state index in [1.807, 2.05) is 0 Å². The molecule has 0 heterocycles. The molecule has 0 aliphatic carbocycles. The Morgan fingerprint density at radius 2 is 2.10 bits per heavy atom. The molecule has 1 rings (SSSR count). The van der Waals surface area contributed by atoms with Crippen LogP contribution >= 0.6 is 11.6 Å². The third-order valence-electron chi connectivity index (χ3n) is 2.72. The predicted octanol–water partition coefficient (Wildman–Crippen LogP) is 2.64. The summed E-state index contributed by atoms with van der Waals surface area (Å²) in [5.41, 5.74) is 0.615. The van der Waals surface area contributed by atoms with E-state index >= 15 is 0 Å². The summed E-state index contributed by atoms with van der Waals surface area (Å²) in [6.45, 7) is 3.25. The van der Waals surface area contributed by atoms with Crippen molar-refractivity contribution in [2.24, 2.45) is 0 Å². The van der Waals surface area contributed by atoms with E-state index in [0.717, 1.165) is 6.08 Å². The number of hydrogen-bond donors (Lipinski definition) is 1. The Hall–Kier alpha value is -1.53. The number of rotatable bonds is 7. The van der Waals surface area contributed by atoms with Gasteiger partial charge in [0.2, 0.25) is 0 Å². The van der Waals surface area contributed by atoms with Crippen LogP contribution in [0.3, 0.4) is 0 Å². The maximum Gasteiger partial charge on any atom is 0.328 e. The van der Waals surface area contributed by atoms with Gasteiger partial charge in [-0.15, -0.1) is 0 Å². The van der Waals surface area contributed by atoms with Crippen LogP contribution in [0.5, 0.6) is 5.75 Å². The van der Waals surface area contributed by atoms with E-state index in [2.05, 4.69) is 0 Å². The van der Waals surface area contributed by atoms with Gasteiger partial charge in [-0.3, -0.25) is 0 Å². The van der Waals surface area contributed by atoms with Crippen molar-refractivity contribution in [1.82, 2.24) is 0 Å². The van der Waals surface area contributed by atoms with Gasteiger partial charge in [-0.2, -0.15) is 0 Å². The number of benzene rings is 1. The lowest BCUT2D eigenvalue weighted by Gasteiger charge is -2.10. The summed E-state index contributed by atoms with van der Waals surface area (Å²) >= 11 is 6.00. The summed E-state index contributed by atoms with van der Waals surface area (Å²) < 4.78 is 28.6. The van der Waals surface area contributed by atoms with Crippen molar-refractivity contribution in [3.05, 3.63) is 34.9 Å². The molecule has 0 saturated heterocycles. The molecular formula is C14H17ClO5S. The van der Waals surface area contributed by atoms with E-state index in [-0.39, 0.29) is 12.4 Å². The van der Waals surface area contributed by atoms with Crippen molar-refractivity contribution < 1.29 is 23.1 Å². The minimum atomic E-state index is -3.15. The Morgan fingerprint density at radius 3 is 2.62 bits per heavy atom. The number of ether oxygens (including phenoxy) is 1. The van der Waals surface area contributed by atoms with E-state index < -0.39 is 21.1 Å². The summed E-state index contributed by atoms with van der Waals surface area (Å²) in [6.07, 6.45) is 2.41. The van der Waals surface area contributed by atoms with Gasteiger partial charge in [-0.25, -0.2) is 13.2 Å². The van der Waals surface area contributed by atoms with Crippen LogP contribution in [0.4, 0.5) is 0 Å². The lowest BCUT2D eigenvalue weighted by atomic mass is 10.2. The second-order valence-electron chi connectivity index (χ2n) is 4.63. The van der Waals surface area contributed by atoms with Gasteiger partial charge in [-0.05, 0) is 37.6 Å². The number of aliphatic carboxylic acids is 1. The number of hydrogen-bond acceptors (Lipinski definition) is 4. The van der Waals surface area contributed by atoms with Gasteiger partial charge < -0.3 is 9.84 Å². The van der Waals surface area contributed by atoms with Gasteiger partial charge in [-0.1, -0.05) is 17.7 Å². The molecule has 0 radical (unpaired) electrons. The van der Waals surface area contributed by atoms with E-state index in [9.17, 15) is 13.2 Å². The molecule has 0 fully saturated rings. The first kappa shape index (κ1) is 17.5. The molecule has 116 valence electrons. The summed E-state index contributed by atoms with van der Waals surface area (Å²) in [5, 5.41) is 8.39. The SMILES string of the molecule is CC(C)S(=O)(=O)CCOc1ccc(/C=C/C(=O)O)cc1Cl. The quantitative estimate of drug-likeness (QED) is 0.776. The maximum absolute atomic E-state index is 11.6. The van der Waals surface area contributed by atoms with Crippen molar-refractivity contribution >= 4 is 33.5 Å². The fourth-order valence-corrected chi connectivity index (χ4v) is 2.44.